The third-order valence-corrected chi connectivity index (χ3v) is 4.11. The van der Waals surface area contributed by atoms with E-state index in [-0.39, 0.29) is 16.3 Å². The minimum atomic E-state index is -4.34. The van der Waals surface area contributed by atoms with Gasteiger partial charge in [-0.3, -0.25) is 9.40 Å². The summed E-state index contributed by atoms with van der Waals surface area (Å²) in [5, 5.41) is 7.32. The molecule has 0 saturated heterocycles. The van der Waals surface area contributed by atoms with Crippen molar-refractivity contribution < 1.29 is 21.6 Å². The first-order valence-electron chi connectivity index (χ1n) is 6.28. The van der Waals surface area contributed by atoms with E-state index in [9.17, 15) is 21.6 Å². The highest BCUT2D eigenvalue weighted by Gasteiger charge is 2.27. The molecule has 0 aliphatic heterocycles. The fourth-order valence-corrected chi connectivity index (χ4v) is 2.70. The summed E-state index contributed by atoms with van der Waals surface area (Å²) in [5.41, 5.74) is -0.0108. The van der Waals surface area contributed by atoms with Crippen molar-refractivity contribution in [2.75, 3.05) is 4.72 Å². The molecule has 6 nitrogen and oxygen atoms in total. The van der Waals surface area contributed by atoms with Crippen molar-refractivity contribution >= 4 is 15.8 Å². The SMILES string of the molecule is CCn1cc(NS(=O)(=O)c2ccc(CC(F)(F)F)cc2)nn1. The summed E-state index contributed by atoms with van der Waals surface area (Å²) < 4.78 is 64.6. The third kappa shape index (κ3) is 4.20. The Morgan fingerprint density at radius 1 is 1.23 bits per heavy atom. The Labute approximate surface area is 125 Å². The van der Waals surface area contributed by atoms with Gasteiger partial charge < -0.3 is 0 Å². The Kier molecular flexibility index (Phi) is 4.40. The van der Waals surface area contributed by atoms with Gasteiger partial charge >= 0.3 is 6.18 Å². The van der Waals surface area contributed by atoms with Crippen LogP contribution in [0.3, 0.4) is 0 Å². The first kappa shape index (κ1) is 16.3. The van der Waals surface area contributed by atoms with Gasteiger partial charge in [-0.15, -0.1) is 5.10 Å². The van der Waals surface area contributed by atoms with Crippen LogP contribution in [0, 0.1) is 0 Å². The molecule has 1 aromatic carbocycles. The van der Waals surface area contributed by atoms with E-state index < -0.39 is 22.6 Å². The zero-order valence-electron chi connectivity index (χ0n) is 11.5. The van der Waals surface area contributed by atoms with E-state index in [2.05, 4.69) is 15.0 Å². The molecule has 2 aromatic rings. The summed E-state index contributed by atoms with van der Waals surface area (Å²) in [6, 6.07) is 4.50. The molecule has 120 valence electrons. The van der Waals surface area contributed by atoms with Crippen molar-refractivity contribution in [1.82, 2.24) is 15.0 Å². The van der Waals surface area contributed by atoms with Crippen molar-refractivity contribution in [2.45, 2.75) is 31.0 Å². The maximum Gasteiger partial charge on any atom is 0.393 e. The predicted octanol–water partition coefficient (Wildman–Crippen LogP) is 2.20. The van der Waals surface area contributed by atoms with Gasteiger partial charge in [-0.2, -0.15) is 13.2 Å². The third-order valence-electron chi connectivity index (χ3n) is 2.74. The zero-order chi connectivity index (χ0) is 16.4. The van der Waals surface area contributed by atoms with Gasteiger partial charge in [0.2, 0.25) is 0 Å². The predicted molar refractivity (Wildman–Crippen MR) is 72.7 cm³/mol. The van der Waals surface area contributed by atoms with Crippen molar-refractivity contribution in [3.05, 3.63) is 36.0 Å². The lowest BCUT2D eigenvalue weighted by Crippen LogP contribution is -2.14. The van der Waals surface area contributed by atoms with Crippen LogP contribution >= 0.6 is 0 Å². The maximum absolute atomic E-state index is 12.3. The fourth-order valence-electron chi connectivity index (χ4n) is 1.71. The Morgan fingerprint density at radius 3 is 2.36 bits per heavy atom. The number of rotatable bonds is 5. The summed E-state index contributed by atoms with van der Waals surface area (Å²) in [6.45, 7) is 2.34. The molecule has 0 atom stereocenters. The summed E-state index contributed by atoms with van der Waals surface area (Å²) in [6.07, 6.45) is -4.03. The molecule has 22 heavy (non-hydrogen) atoms. The standard InChI is InChI=1S/C12H13F3N4O2S/c1-2-19-8-11(16-18-19)17-22(20,21)10-5-3-9(4-6-10)7-12(13,14)15/h3-6,8,17H,2,7H2,1H3. The first-order chi connectivity index (χ1) is 10.2. The topological polar surface area (TPSA) is 76.9 Å². The number of aromatic nitrogens is 3. The van der Waals surface area contributed by atoms with Crippen molar-refractivity contribution in [3.8, 4) is 0 Å². The summed E-state index contributed by atoms with van der Waals surface area (Å²) >= 11 is 0. The fraction of sp³-hybridized carbons (Fsp3) is 0.333. The molecule has 0 radical (unpaired) electrons. The van der Waals surface area contributed by atoms with Crippen LogP contribution < -0.4 is 4.72 Å². The van der Waals surface area contributed by atoms with Crippen LogP contribution in [0.4, 0.5) is 19.0 Å². The smallest absolute Gasteiger partial charge is 0.261 e. The Morgan fingerprint density at radius 2 is 1.86 bits per heavy atom. The van der Waals surface area contributed by atoms with E-state index in [1.165, 1.54) is 10.9 Å². The maximum atomic E-state index is 12.3. The van der Waals surface area contributed by atoms with Crippen molar-refractivity contribution in [3.63, 3.8) is 0 Å². The van der Waals surface area contributed by atoms with E-state index in [0.717, 1.165) is 24.3 Å². The number of aryl methyl sites for hydroxylation is 1. The second kappa shape index (κ2) is 5.95. The van der Waals surface area contributed by atoms with Gasteiger partial charge in [0.25, 0.3) is 10.0 Å². The molecule has 0 amide bonds. The number of nitrogens with zero attached hydrogens (tertiary/aromatic N) is 3. The zero-order valence-corrected chi connectivity index (χ0v) is 12.3. The van der Waals surface area contributed by atoms with Gasteiger partial charge in [0.05, 0.1) is 17.5 Å². The molecule has 0 spiro atoms. The molecule has 0 fully saturated rings. The van der Waals surface area contributed by atoms with Crippen LogP contribution in [0.1, 0.15) is 12.5 Å². The largest absolute Gasteiger partial charge is 0.393 e. The quantitative estimate of drug-likeness (QED) is 0.909. The minimum Gasteiger partial charge on any atom is -0.261 e. The Bertz CT molecular complexity index is 738. The first-order valence-corrected chi connectivity index (χ1v) is 7.76. The molecule has 0 bridgehead atoms. The van der Waals surface area contributed by atoms with Gasteiger partial charge in [-0.1, -0.05) is 17.3 Å². The average Bonchev–Trinajstić information content (AvgIpc) is 2.84. The van der Waals surface area contributed by atoms with E-state index in [0.29, 0.717) is 6.54 Å². The molecular weight excluding hydrogens is 321 g/mol. The van der Waals surface area contributed by atoms with Crippen LogP contribution in [0.25, 0.3) is 0 Å². The van der Waals surface area contributed by atoms with Gasteiger partial charge in [-0.05, 0) is 24.6 Å². The lowest BCUT2D eigenvalue weighted by atomic mass is 10.1. The number of nitrogens with one attached hydrogen (secondary N) is 1. The minimum absolute atomic E-state index is 0.0108. The highest BCUT2D eigenvalue weighted by Crippen LogP contribution is 2.22. The number of halogens is 3. The normalized spacial score (nSPS) is 12.4. The van der Waals surface area contributed by atoms with E-state index in [1.54, 1.807) is 0 Å². The van der Waals surface area contributed by atoms with E-state index in [1.807, 2.05) is 6.92 Å². The average molecular weight is 334 g/mol. The van der Waals surface area contributed by atoms with Crippen molar-refractivity contribution in [1.29, 1.82) is 0 Å². The number of alkyl halides is 3. The molecule has 1 aromatic heterocycles. The van der Waals surface area contributed by atoms with Gasteiger partial charge in [0, 0.05) is 6.54 Å². The van der Waals surface area contributed by atoms with Crippen LogP contribution in [0.5, 0.6) is 0 Å². The van der Waals surface area contributed by atoms with Gasteiger partial charge in [0.15, 0.2) is 5.82 Å². The van der Waals surface area contributed by atoms with E-state index in [4.69, 9.17) is 0 Å². The monoisotopic (exact) mass is 334 g/mol. The summed E-state index contributed by atoms with van der Waals surface area (Å²) in [7, 11) is -3.92. The molecule has 0 aliphatic rings. The van der Waals surface area contributed by atoms with E-state index >= 15 is 0 Å². The van der Waals surface area contributed by atoms with Gasteiger partial charge in [-0.25, -0.2) is 8.42 Å². The summed E-state index contributed by atoms with van der Waals surface area (Å²) in [5.74, 6) is 0.0428. The van der Waals surface area contributed by atoms with Crippen LogP contribution in [-0.2, 0) is 23.0 Å². The lowest BCUT2D eigenvalue weighted by molar-refractivity contribution is -0.127. The number of hydrogen-bond donors (Lipinski definition) is 1. The van der Waals surface area contributed by atoms with Crippen LogP contribution in [0.15, 0.2) is 35.4 Å². The second-order valence-corrected chi connectivity index (χ2v) is 6.18. The number of anilines is 1. The number of hydrogen-bond acceptors (Lipinski definition) is 4. The molecule has 0 aliphatic carbocycles. The number of sulfonamides is 1. The van der Waals surface area contributed by atoms with Gasteiger partial charge in [0.1, 0.15) is 0 Å². The molecule has 2 rings (SSSR count). The van der Waals surface area contributed by atoms with Crippen LogP contribution in [-0.4, -0.2) is 29.6 Å². The molecule has 1 N–H and O–H groups in total. The Hall–Kier alpha value is -2.10. The molecule has 0 saturated carbocycles. The molecule has 10 heteroatoms. The molecular formula is C12H13F3N4O2S. The second-order valence-electron chi connectivity index (χ2n) is 4.50. The molecule has 1 heterocycles. The Balaban J connectivity index is 2.15. The van der Waals surface area contributed by atoms with Crippen LogP contribution in [0.2, 0.25) is 0 Å². The summed E-state index contributed by atoms with van der Waals surface area (Å²) in [4.78, 5) is -0.149. The van der Waals surface area contributed by atoms with Crippen molar-refractivity contribution in [2.24, 2.45) is 0 Å². The number of benzene rings is 1. The molecule has 0 unspecified atom stereocenters. The highest BCUT2D eigenvalue weighted by molar-refractivity contribution is 7.92. The highest BCUT2D eigenvalue weighted by atomic mass is 32.2. The lowest BCUT2D eigenvalue weighted by Gasteiger charge is -2.08.